The summed E-state index contributed by atoms with van der Waals surface area (Å²) in [5, 5.41) is 14.8. The van der Waals surface area contributed by atoms with E-state index in [2.05, 4.69) is 13.8 Å². The molecular formula is C10H20N2O. The van der Waals surface area contributed by atoms with Crippen LogP contribution in [0.25, 0.3) is 0 Å². The molecule has 0 rings (SSSR count). The minimum Gasteiger partial charge on any atom is -0.430 e. The van der Waals surface area contributed by atoms with E-state index in [0.29, 0.717) is 12.8 Å². The van der Waals surface area contributed by atoms with Crippen molar-refractivity contribution in [3.05, 3.63) is 0 Å². The average molecular weight is 184 g/mol. The predicted octanol–water partition coefficient (Wildman–Crippen LogP) is 3.34. The molecule has 13 heavy (non-hydrogen) atoms. The number of unbranched alkanes of at least 4 members (excludes halogenated alkanes) is 2. The fourth-order valence-electron chi connectivity index (χ4n) is 0.925. The molecular weight excluding hydrogens is 164 g/mol. The van der Waals surface area contributed by atoms with Gasteiger partial charge in [-0.2, -0.15) is 0 Å². The maximum absolute atomic E-state index is 7.39. The lowest BCUT2D eigenvalue weighted by Crippen LogP contribution is -2.10. The van der Waals surface area contributed by atoms with Crippen molar-refractivity contribution in [3.8, 4) is 0 Å². The third-order valence-corrected chi connectivity index (χ3v) is 1.76. The number of ether oxygens (including phenoxy) is 1. The van der Waals surface area contributed by atoms with Crippen LogP contribution in [0.1, 0.15) is 52.4 Å². The summed E-state index contributed by atoms with van der Waals surface area (Å²) in [6.45, 7) is 4.16. The summed E-state index contributed by atoms with van der Waals surface area (Å²) in [5.74, 6) is 0.478. The largest absolute Gasteiger partial charge is 0.430 e. The smallest absolute Gasteiger partial charge is 0.189 e. The Morgan fingerprint density at radius 2 is 1.31 bits per heavy atom. The summed E-state index contributed by atoms with van der Waals surface area (Å²) in [5.41, 5.74) is 0. The van der Waals surface area contributed by atoms with E-state index >= 15 is 0 Å². The number of hydrogen-bond acceptors (Lipinski definition) is 3. The quantitative estimate of drug-likeness (QED) is 0.482. The summed E-state index contributed by atoms with van der Waals surface area (Å²) in [4.78, 5) is 0. The van der Waals surface area contributed by atoms with Gasteiger partial charge in [0.15, 0.2) is 11.8 Å². The van der Waals surface area contributed by atoms with Crippen LogP contribution in [0.15, 0.2) is 0 Å². The van der Waals surface area contributed by atoms with Crippen LogP contribution in [-0.2, 0) is 4.74 Å². The molecule has 0 amide bonds. The lowest BCUT2D eigenvalue weighted by Gasteiger charge is -2.06. The van der Waals surface area contributed by atoms with Crippen LogP contribution in [0.5, 0.6) is 0 Å². The maximum atomic E-state index is 7.39. The Labute approximate surface area is 80.5 Å². The highest BCUT2D eigenvalue weighted by Crippen LogP contribution is 2.01. The van der Waals surface area contributed by atoms with Crippen molar-refractivity contribution >= 4 is 11.8 Å². The van der Waals surface area contributed by atoms with Crippen LogP contribution < -0.4 is 0 Å². The van der Waals surface area contributed by atoms with E-state index in [-0.39, 0.29) is 11.8 Å². The minimum atomic E-state index is 0.239. The van der Waals surface area contributed by atoms with Crippen molar-refractivity contribution < 1.29 is 4.74 Å². The Hall–Kier alpha value is -0.860. The van der Waals surface area contributed by atoms with Gasteiger partial charge in [-0.05, 0) is 12.8 Å². The SMILES string of the molecule is CCCCC(=N)OC(=N)CCCC. The van der Waals surface area contributed by atoms with E-state index in [1.54, 1.807) is 0 Å². The molecule has 0 aliphatic carbocycles. The highest BCUT2D eigenvalue weighted by Gasteiger charge is 2.02. The molecule has 0 atom stereocenters. The summed E-state index contributed by atoms with van der Waals surface area (Å²) in [6, 6.07) is 0. The molecule has 0 spiro atoms. The predicted molar refractivity (Wildman–Crippen MR) is 55.6 cm³/mol. The number of rotatable bonds is 6. The molecule has 0 aliphatic heterocycles. The fourth-order valence-corrected chi connectivity index (χ4v) is 0.925. The molecule has 0 unspecified atom stereocenters. The van der Waals surface area contributed by atoms with Gasteiger partial charge in [0, 0.05) is 12.8 Å². The van der Waals surface area contributed by atoms with Crippen molar-refractivity contribution in [2.45, 2.75) is 52.4 Å². The Balaban J connectivity index is 3.47. The zero-order valence-corrected chi connectivity index (χ0v) is 8.65. The minimum absolute atomic E-state index is 0.239. The molecule has 2 N–H and O–H groups in total. The van der Waals surface area contributed by atoms with Crippen LogP contribution in [-0.4, -0.2) is 11.8 Å². The van der Waals surface area contributed by atoms with Crippen molar-refractivity contribution in [2.75, 3.05) is 0 Å². The van der Waals surface area contributed by atoms with Crippen LogP contribution in [0, 0.1) is 10.8 Å². The monoisotopic (exact) mass is 184 g/mol. The van der Waals surface area contributed by atoms with Gasteiger partial charge in [0.2, 0.25) is 0 Å². The fraction of sp³-hybridized carbons (Fsp3) is 0.800. The molecule has 0 aromatic carbocycles. The third kappa shape index (κ3) is 7.50. The van der Waals surface area contributed by atoms with Gasteiger partial charge in [-0.15, -0.1) is 0 Å². The third-order valence-electron chi connectivity index (χ3n) is 1.76. The molecule has 0 saturated carbocycles. The van der Waals surface area contributed by atoms with Gasteiger partial charge < -0.3 is 4.74 Å². The molecule has 0 aromatic heterocycles. The van der Waals surface area contributed by atoms with Crippen LogP contribution in [0.2, 0.25) is 0 Å². The van der Waals surface area contributed by atoms with Crippen molar-refractivity contribution in [2.24, 2.45) is 0 Å². The second-order valence-corrected chi connectivity index (χ2v) is 3.16. The van der Waals surface area contributed by atoms with Gasteiger partial charge in [-0.1, -0.05) is 26.7 Å². The van der Waals surface area contributed by atoms with Gasteiger partial charge in [0.1, 0.15) is 0 Å². The molecule has 0 saturated heterocycles. The van der Waals surface area contributed by atoms with E-state index in [4.69, 9.17) is 15.6 Å². The van der Waals surface area contributed by atoms with E-state index in [0.717, 1.165) is 25.7 Å². The second-order valence-electron chi connectivity index (χ2n) is 3.16. The molecule has 0 bridgehead atoms. The van der Waals surface area contributed by atoms with Gasteiger partial charge in [-0.25, -0.2) is 0 Å². The Morgan fingerprint density at radius 3 is 1.62 bits per heavy atom. The summed E-state index contributed by atoms with van der Waals surface area (Å²) < 4.78 is 5.02. The Kier molecular flexibility index (Phi) is 7.26. The van der Waals surface area contributed by atoms with Crippen molar-refractivity contribution in [1.82, 2.24) is 0 Å². The molecule has 0 fully saturated rings. The van der Waals surface area contributed by atoms with Crippen LogP contribution in [0.4, 0.5) is 0 Å². The van der Waals surface area contributed by atoms with Crippen LogP contribution >= 0.6 is 0 Å². The molecule has 0 aliphatic rings. The zero-order valence-electron chi connectivity index (χ0n) is 8.65. The Morgan fingerprint density at radius 1 is 0.923 bits per heavy atom. The molecule has 0 radical (unpaired) electrons. The summed E-state index contributed by atoms with van der Waals surface area (Å²) in [7, 11) is 0. The lowest BCUT2D eigenvalue weighted by molar-refractivity contribution is 0.488. The zero-order chi connectivity index (χ0) is 10.1. The number of nitrogens with one attached hydrogen (secondary N) is 2. The van der Waals surface area contributed by atoms with E-state index in [1.807, 2.05) is 0 Å². The van der Waals surface area contributed by atoms with Crippen molar-refractivity contribution in [1.29, 1.82) is 10.8 Å². The van der Waals surface area contributed by atoms with E-state index in [9.17, 15) is 0 Å². The van der Waals surface area contributed by atoms with Gasteiger partial charge in [0.25, 0.3) is 0 Å². The normalized spacial score (nSPS) is 9.69. The van der Waals surface area contributed by atoms with Crippen molar-refractivity contribution in [3.63, 3.8) is 0 Å². The molecule has 3 nitrogen and oxygen atoms in total. The molecule has 0 aromatic rings. The first-order valence-electron chi connectivity index (χ1n) is 5.03. The summed E-state index contributed by atoms with van der Waals surface area (Å²) >= 11 is 0. The second kappa shape index (κ2) is 7.77. The van der Waals surface area contributed by atoms with Gasteiger partial charge >= 0.3 is 0 Å². The topological polar surface area (TPSA) is 56.9 Å². The van der Waals surface area contributed by atoms with Crippen LogP contribution in [0.3, 0.4) is 0 Å². The lowest BCUT2D eigenvalue weighted by atomic mass is 10.2. The number of hydrogen-bond donors (Lipinski definition) is 2. The molecule has 3 heteroatoms. The first-order valence-corrected chi connectivity index (χ1v) is 5.03. The first kappa shape index (κ1) is 12.1. The summed E-state index contributed by atoms with van der Waals surface area (Å²) in [6.07, 6.45) is 5.39. The average Bonchev–Trinajstić information content (AvgIpc) is 2.11. The molecule has 76 valence electrons. The molecule has 0 heterocycles. The van der Waals surface area contributed by atoms with E-state index < -0.39 is 0 Å². The van der Waals surface area contributed by atoms with Gasteiger partial charge in [0.05, 0.1) is 0 Å². The first-order chi connectivity index (χ1) is 6.20. The van der Waals surface area contributed by atoms with E-state index in [1.165, 1.54) is 0 Å². The highest BCUT2D eigenvalue weighted by atomic mass is 16.5. The standard InChI is InChI=1S/C10H20N2O/c1-3-5-7-9(11)13-10(12)8-6-4-2/h11-12H,3-8H2,1-2H3. The Bertz CT molecular complexity index is 148. The highest BCUT2D eigenvalue weighted by molar-refractivity contribution is 5.88. The van der Waals surface area contributed by atoms with Gasteiger partial charge in [-0.3, -0.25) is 10.8 Å². The maximum Gasteiger partial charge on any atom is 0.189 e.